The maximum Gasteiger partial charge on any atom is 0.224 e. The third kappa shape index (κ3) is 4.55. The van der Waals surface area contributed by atoms with E-state index in [4.69, 9.17) is 0 Å². The van der Waals surface area contributed by atoms with Crippen LogP contribution in [0.2, 0.25) is 0 Å². The van der Waals surface area contributed by atoms with Crippen LogP contribution in [0, 0.1) is 5.92 Å². The van der Waals surface area contributed by atoms with Crippen molar-refractivity contribution >= 4 is 11.8 Å². The molecule has 2 heterocycles. The molecule has 1 saturated carbocycles. The normalized spacial score (nSPS) is 19.0. The molecule has 3 rings (SSSR count). The average Bonchev–Trinajstić information content (AvgIpc) is 3.31. The number of carbonyl (C=O) groups excluding carboxylic acids is 2. The molecule has 132 valence electrons. The minimum Gasteiger partial charge on any atom is -0.339 e. The lowest BCUT2D eigenvalue weighted by atomic mass is 10.0. The Morgan fingerprint density at radius 3 is 2.17 bits per heavy atom. The number of nitrogens with zero attached hydrogens (tertiary/aromatic N) is 5. The van der Waals surface area contributed by atoms with Crippen LogP contribution in [0.15, 0.2) is 12.7 Å². The lowest BCUT2D eigenvalue weighted by Gasteiger charge is -2.35. The lowest BCUT2D eigenvalue weighted by Crippen LogP contribution is -2.50. The third-order valence-corrected chi connectivity index (χ3v) is 5.25. The number of amides is 2. The molecule has 1 aliphatic heterocycles. The van der Waals surface area contributed by atoms with E-state index < -0.39 is 0 Å². The molecular weight excluding hydrogens is 306 g/mol. The molecule has 0 bridgehead atoms. The van der Waals surface area contributed by atoms with Crippen molar-refractivity contribution in [3.05, 3.63) is 12.7 Å². The third-order valence-electron chi connectivity index (χ3n) is 5.25. The van der Waals surface area contributed by atoms with Crippen LogP contribution >= 0.6 is 0 Å². The molecule has 1 aromatic heterocycles. The van der Waals surface area contributed by atoms with Crippen molar-refractivity contribution in [2.45, 2.75) is 51.5 Å². The second kappa shape index (κ2) is 8.26. The first kappa shape index (κ1) is 16.9. The lowest BCUT2D eigenvalue weighted by molar-refractivity contribution is -0.139. The second-order valence-corrected chi connectivity index (χ2v) is 6.86. The van der Waals surface area contributed by atoms with E-state index in [1.165, 1.54) is 32.0 Å². The summed E-state index contributed by atoms with van der Waals surface area (Å²) < 4.78 is 1.67. The molecule has 24 heavy (non-hydrogen) atoms. The first-order valence-electron chi connectivity index (χ1n) is 9.10. The summed E-state index contributed by atoms with van der Waals surface area (Å²) >= 11 is 0. The van der Waals surface area contributed by atoms with Gasteiger partial charge in [-0.15, -0.1) is 0 Å². The van der Waals surface area contributed by atoms with E-state index >= 15 is 0 Å². The van der Waals surface area contributed by atoms with Crippen molar-refractivity contribution in [1.29, 1.82) is 0 Å². The van der Waals surface area contributed by atoms with Crippen LogP contribution in [0.5, 0.6) is 0 Å². The summed E-state index contributed by atoms with van der Waals surface area (Å²) in [6, 6.07) is 0. The van der Waals surface area contributed by atoms with Crippen molar-refractivity contribution in [1.82, 2.24) is 24.6 Å². The van der Waals surface area contributed by atoms with Gasteiger partial charge in [-0.1, -0.05) is 25.7 Å². The van der Waals surface area contributed by atoms with Crippen LogP contribution in [0.3, 0.4) is 0 Å². The first-order valence-corrected chi connectivity index (χ1v) is 9.10. The van der Waals surface area contributed by atoms with E-state index in [0.29, 0.717) is 45.6 Å². The Kier molecular flexibility index (Phi) is 5.82. The van der Waals surface area contributed by atoms with E-state index in [0.717, 1.165) is 12.3 Å². The number of rotatable bonds is 6. The standard InChI is InChI=1S/C17H27N5O2/c23-16(6-5-15-3-1-2-4-15)20-9-11-21(12-10-20)17(24)7-8-22-14-18-13-19-22/h13-15H,1-12H2. The molecule has 0 radical (unpaired) electrons. The van der Waals surface area contributed by atoms with Gasteiger partial charge in [0, 0.05) is 39.0 Å². The maximum atomic E-state index is 12.3. The van der Waals surface area contributed by atoms with Gasteiger partial charge in [-0.05, 0) is 12.3 Å². The van der Waals surface area contributed by atoms with Gasteiger partial charge in [-0.25, -0.2) is 4.98 Å². The van der Waals surface area contributed by atoms with Gasteiger partial charge >= 0.3 is 0 Å². The fourth-order valence-corrected chi connectivity index (χ4v) is 3.71. The van der Waals surface area contributed by atoms with E-state index in [1.807, 2.05) is 9.80 Å². The van der Waals surface area contributed by atoms with Gasteiger partial charge in [0.25, 0.3) is 0 Å². The minimum atomic E-state index is 0.128. The van der Waals surface area contributed by atoms with Crippen molar-refractivity contribution in [3.8, 4) is 0 Å². The molecule has 0 spiro atoms. The van der Waals surface area contributed by atoms with Gasteiger partial charge in [0.2, 0.25) is 11.8 Å². The number of aromatic nitrogens is 3. The van der Waals surface area contributed by atoms with Gasteiger partial charge in [0.1, 0.15) is 12.7 Å². The molecule has 2 aliphatic rings. The molecule has 0 aromatic carbocycles. The maximum absolute atomic E-state index is 12.3. The van der Waals surface area contributed by atoms with Gasteiger partial charge < -0.3 is 9.80 Å². The van der Waals surface area contributed by atoms with Crippen LogP contribution in [-0.4, -0.2) is 62.6 Å². The highest BCUT2D eigenvalue weighted by atomic mass is 16.2. The minimum absolute atomic E-state index is 0.128. The summed E-state index contributed by atoms with van der Waals surface area (Å²) in [5.41, 5.74) is 0. The highest BCUT2D eigenvalue weighted by molar-refractivity contribution is 5.78. The number of aryl methyl sites for hydroxylation is 1. The Labute approximate surface area is 143 Å². The summed E-state index contributed by atoms with van der Waals surface area (Å²) in [6.07, 6.45) is 10.5. The zero-order valence-electron chi connectivity index (χ0n) is 14.3. The highest BCUT2D eigenvalue weighted by Gasteiger charge is 2.24. The fourth-order valence-electron chi connectivity index (χ4n) is 3.71. The number of piperazine rings is 1. The first-order chi connectivity index (χ1) is 11.7. The molecule has 7 nitrogen and oxygen atoms in total. The summed E-state index contributed by atoms with van der Waals surface area (Å²) in [7, 11) is 0. The Bertz CT molecular complexity index is 531. The van der Waals surface area contributed by atoms with E-state index in [9.17, 15) is 9.59 Å². The predicted molar refractivity (Wildman–Crippen MR) is 89.0 cm³/mol. The van der Waals surface area contributed by atoms with Crippen LogP contribution in [0.25, 0.3) is 0 Å². The zero-order valence-corrected chi connectivity index (χ0v) is 14.3. The van der Waals surface area contributed by atoms with Gasteiger partial charge in [0.05, 0.1) is 6.54 Å². The second-order valence-electron chi connectivity index (χ2n) is 6.86. The quantitative estimate of drug-likeness (QED) is 0.787. The zero-order chi connectivity index (χ0) is 16.8. The van der Waals surface area contributed by atoms with Crippen molar-refractivity contribution in [2.75, 3.05) is 26.2 Å². The van der Waals surface area contributed by atoms with Gasteiger partial charge in [-0.2, -0.15) is 5.10 Å². The van der Waals surface area contributed by atoms with E-state index in [1.54, 1.807) is 11.0 Å². The Hall–Kier alpha value is -1.92. The fraction of sp³-hybridized carbons (Fsp3) is 0.765. The van der Waals surface area contributed by atoms with Crippen LogP contribution in [0.4, 0.5) is 0 Å². The number of carbonyl (C=O) groups is 2. The summed E-state index contributed by atoms with van der Waals surface area (Å²) in [6.45, 7) is 3.17. The molecule has 7 heteroatoms. The molecule has 1 aromatic rings. The van der Waals surface area contributed by atoms with E-state index in [2.05, 4.69) is 10.1 Å². The number of hydrogen-bond acceptors (Lipinski definition) is 4. The van der Waals surface area contributed by atoms with E-state index in [-0.39, 0.29) is 11.8 Å². The predicted octanol–water partition coefficient (Wildman–Crippen LogP) is 1.31. The van der Waals surface area contributed by atoms with Crippen LogP contribution < -0.4 is 0 Å². The summed E-state index contributed by atoms with van der Waals surface area (Å²) in [5.74, 6) is 1.15. The molecule has 1 saturated heterocycles. The number of hydrogen-bond donors (Lipinski definition) is 0. The van der Waals surface area contributed by atoms with Crippen LogP contribution in [-0.2, 0) is 16.1 Å². The molecule has 2 amide bonds. The molecule has 1 aliphatic carbocycles. The van der Waals surface area contributed by atoms with Gasteiger partial charge in [0.15, 0.2) is 0 Å². The highest BCUT2D eigenvalue weighted by Crippen LogP contribution is 2.28. The Morgan fingerprint density at radius 1 is 0.958 bits per heavy atom. The van der Waals surface area contributed by atoms with Crippen LogP contribution in [0.1, 0.15) is 44.9 Å². The van der Waals surface area contributed by atoms with Crippen molar-refractivity contribution in [2.24, 2.45) is 5.92 Å². The monoisotopic (exact) mass is 333 g/mol. The molecular formula is C17H27N5O2. The summed E-state index contributed by atoms with van der Waals surface area (Å²) in [4.78, 5) is 32.2. The largest absolute Gasteiger partial charge is 0.339 e. The van der Waals surface area contributed by atoms with Gasteiger partial charge in [-0.3, -0.25) is 14.3 Å². The Morgan fingerprint density at radius 2 is 1.58 bits per heavy atom. The molecule has 0 N–H and O–H groups in total. The topological polar surface area (TPSA) is 71.3 Å². The Balaban J connectivity index is 1.35. The van der Waals surface area contributed by atoms with Crippen molar-refractivity contribution < 1.29 is 9.59 Å². The molecule has 0 unspecified atom stereocenters. The smallest absolute Gasteiger partial charge is 0.224 e. The summed E-state index contributed by atoms with van der Waals surface area (Å²) in [5, 5.41) is 4.00. The molecule has 2 fully saturated rings. The average molecular weight is 333 g/mol. The van der Waals surface area contributed by atoms with Crippen molar-refractivity contribution in [3.63, 3.8) is 0 Å². The SMILES string of the molecule is O=C(CCC1CCCC1)N1CCN(C(=O)CCn2cncn2)CC1. The molecule has 0 atom stereocenters.